The Balaban J connectivity index is 3.46. The van der Waals surface area contributed by atoms with Crippen LogP contribution in [0.5, 0.6) is 0 Å². The average Bonchev–Trinajstić information content (AvgIpc) is 2.75. The smallest absolute Gasteiger partial charge is 0.333 e. The molecule has 1 rings (SSSR count). The minimum atomic E-state index is -1.87. The molecule has 1 fully saturated rings. The highest BCUT2D eigenvalue weighted by Gasteiger charge is 2.62. The Labute approximate surface area is 147 Å². The third-order valence-corrected chi connectivity index (χ3v) is 4.78. The first-order chi connectivity index (χ1) is 11.5. The molecule has 0 spiro atoms. The van der Waals surface area contributed by atoms with Gasteiger partial charge in [0.1, 0.15) is 23.6 Å². The molecule has 0 saturated heterocycles. The van der Waals surface area contributed by atoms with Gasteiger partial charge in [-0.2, -0.15) is 0 Å². The highest BCUT2D eigenvalue weighted by Crippen LogP contribution is 2.46. The van der Waals surface area contributed by atoms with E-state index in [9.17, 15) is 24.6 Å². The summed E-state index contributed by atoms with van der Waals surface area (Å²) in [5, 5.41) is 21.2. The number of ketones is 1. The normalized spacial score (nSPS) is 33.1. The molecule has 0 aromatic carbocycles. The van der Waals surface area contributed by atoms with Crippen molar-refractivity contribution in [3.05, 3.63) is 23.3 Å². The van der Waals surface area contributed by atoms with Crippen molar-refractivity contribution in [3.63, 3.8) is 0 Å². The number of ether oxygens (including phenoxy) is 2. The molecule has 0 aromatic heterocycles. The number of carbonyl (C=O) groups is 3. The Hall–Kier alpha value is -1.99. The Morgan fingerprint density at radius 2 is 1.64 bits per heavy atom. The second-order valence-corrected chi connectivity index (χ2v) is 6.36. The molecule has 0 amide bonds. The zero-order valence-electron chi connectivity index (χ0n) is 15.4. The molecule has 7 heteroatoms. The van der Waals surface area contributed by atoms with E-state index in [0.717, 1.165) is 0 Å². The van der Waals surface area contributed by atoms with Crippen LogP contribution < -0.4 is 0 Å². The number of methoxy groups -OCH3 is 1. The van der Waals surface area contributed by atoms with Crippen molar-refractivity contribution in [3.8, 4) is 0 Å². The van der Waals surface area contributed by atoms with E-state index in [-0.39, 0.29) is 5.57 Å². The zero-order valence-corrected chi connectivity index (χ0v) is 15.4. The number of Topliss-reactive ketones (excluding diaryl/α,β-unsaturated/α-hetero) is 1. The molecule has 0 heterocycles. The first-order valence-corrected chi connectivity index (χ1v) is 8.03. The van der Waals surface area contributed by atoms with Crippen LogP contribution in [0, 0.1) is 11.8 Å². The number of aliphatic hydroxyl groups is 2. The maximum Gasteiger partial charge on any atom is 0.333 e. The van der Waals surface area contributed by atoms with Crippen molar-refractivity contribution >= 4 is 17.7 Å². The summed E-state index contributed by atoms with van der Waals surface area (Å²) in [6.45, 7) is 7.30. The Morgan fingerprint density at radius 1 is 1.08 bits per heavy atom. The van der Waals surface area contributed by atoms with Crippen molar-refractivity contribution < 1.29 is 34.1 Å². The molecule has 2 N–H and O–H groups in total. The van der Waals surface area contributed by atoms with Crippen molar-refractivity contribution in [1.29, 1.82) is 0 Å². The summed E-state index contributed by atoms with van der Waals surface area (Å²) in [4.78, 5) is 36.4. The van der Waals surface area contributed by atoms with Crippen LogP contribution >= 0.6 is 0 Å². The van der Waals surface area contributed by atoms with E-state index in [1.165, 1.54) is 40.0 Å². The Morgan fingerprint density at radius 3 is 2.04 bits per heavy atom. The van der Waals surface area contributed by atoms with E-state index in [0.29, 0.717) is 5.57 Å². The minimum Gasteiger partial charge on any atom is -0.466 e. The molecule has 140 valence electrons. The first kappa shape index (κ1) is 21.1. The van der Waals surface area contributed by atoms with Gasteiger partial charge in [-0.1, -0.05) is 12.2 Å². The predicted octanol–water partition coefficient (Wildman–Crippen LogP) is 0.931. The fourth-order valence-corrected chi connectivity index (χ4v) is 3.32. The number of hydrogen-bond acceptors (Lipinski definition) is 7. The van der Waals surface area contributed by atoms with Gasteiger partial charge in [0.15, 0.2) is 0 Å². The van der Waals surface area contributed by atoms with E-state index >= 15 is 0 Å². The summed E-state index contributed by atoms with van der Waals surface area (Å²) in [6.07, 6.45) is 0.163. The molecule has 5 atom stereocenters. The van der Waals surface area contributed by atoms with Gasteiger partial charge in [-0.25, -0.2) is 9.59 Å². The van der Waals surface area contributed by atoms with E-state index in [1.807, 2.05) is 0 Å². The van der Waals surface area contributed by atoms with E-state index < -0.39 is 47.4 Å². The van der Waals surface area contributed by atoms with Crippen molar-refractivity contribution in [2.75, 3.05) is 7.11 Å². The third kappa shape index (κ3) is 3.82. The van der Waals surface area contributed by atoms with Gasteiger partial charge in [-0.15, -0.1) is 0 Å². The molecule has 0 aromatic rings. The molecule has 7 nitrogen and oxygen atoms in total. The van der Waals surface area contributed by atoms with Crippen LogP contribution in [-0.2, 0) is 23.9 Å². The molecule has 0 aliphatic heterocycles. The number of aliphatic hydroxyl groups excluding tert-OH is 1. The summed E-state index contributed by atoms with van der Waals surface area (Å²) >= 11 is 0. The summed E-state index contributed by atoms with van der Waals surface area (Å²) in [7, 11) is 1.18. The van der Waals surface area contributed by atoms with Crippen LogP contribution in [0.2, 0.25) is 0 Å². The molecular formula is C18H26O7. The molecule has 0 radical (unpaired) electrons. The van der Waals surface area contributed by atoms with Crippen LogP contribution in [0.4, 0.5) is 0 Å². The van der Waals surface area contributed by atoms with Crippen LogP contribution in [0.15, 0.2) is 23.3 Å². The van der Waals surface area contributed by atoms with Crippen molar-refractivity contribution in [2.24, 2.45) is 11.8 Å². The Bertz CT molecular complexity index is 615. The summed E-state index contributed by atoms with van der Waals surface area (Å²) in [5.41, 5.74) is -1.50. The van der Waals surface area contributed by atoms with Gasteiger partial charge in [0, 0.05) is 17.1 Å². The van der Waals surface area contributed by atoms with Gasteiger partial charge in [0.25, 0.3) is 0 Å². The number of carbonyl (C=O) groups excluding carboxylic acids is 3. The summed E-state index contributed by atoms with van der Waals surface area (Å²) < 4.78 is 10.1. The lowest BCUT2D eigenvalue weighted by atomic mass is 9.79. The van der Waals surface area contributed by atoms with Crippen molar-refractivity contribution in [1.82, 2.24) is 0 Å². The van der Waals surface area contributed by atoms with Gasteiger partial charge in [0.05, 0.1) is 13.0 Å². The largest absolute Gasteiger partial charge is 0.466 e. The van der Waals surface area contributed by atoms with Crippen molar-refractivity contribution in [2.45, 2.75) is 52.4 Å². The second-order valence-electron chi connectivity index (χ2n) is 6.36. The zero-order chi connectivity index (χ0) is 19.5. The number of hydrogen-bond donors (Lipinski definition) is 2. The van der Waals surface area contributed by atoms with Gasteiger partial charge >= 0.3 is 11.9 Å². The highest BCUT2D eigenvalue weighted by molar-refractivity contribution is 5.92. The molecular weight excluding hydrogens is 328 g/mol. The summed E-state index contributed by atoms with van der Waals surface area (Å²) in [6, 6.07) is 0. The standard InChI is InChI=1S/C18H26O7/c1-7-9(3)16(21)25-14-12(11(8-2)17(22)24-6)13(10(4)19)18(5,23)15(14)20/h7-8,12-15,20,23H,1-6H3/b9-7+,11-8+/t12-,13+,14+,15+,18-/m1/s1. The lowest BCUT2D eigenvalue weighted by molar-refractivity contribution is -0.156. The lowest BCUT2D eigenvalue weighted by Crippen LogP contribution is -2.45. The fraction of sp³-hybridized carbons (Fsp3) is 0.611. The van der Waals surface area contributed by atoms with Crippen LogP contribution in [0.1, 0.15) is 34.6 Å². The average molecular weight is 354 g/mol. The quantitative estimate of drug-likeness (QED) is 0.558. The number of esters is 2. The van der Waals surface area contributed by atoms with E-state index in [2.05, 4.69) is 0 Å². The highest BCUT2D eigenvalue weighted by atomic mass is 16.6. The maximum absolute atomic E-state index is 12.2. The second kappa shape index (κ2) is 7.93. The summed E-state index contributed by atoms with van der Waals surface area (Å²) in [5.74, 6) is -3.99. The van der Waals surface area contributed by atoms with Gasteiger partial charge < -0.3 is 19.7 Å². The SMILES string of the molecule is C/C=C(\C)C(=O)O[C@H]1[C@H](/C(=C\C)C(=O)OC)[C@H](C(C)=O)[C@@](C)(O)[C@H]1O. The number of allylic oxidation sites excluding steroid dienone is 2. The molecule has 1 aliphatic carbocycles. The molecule has 0 unspecified atom stereocenters. The molecule has 0 bridgehead atoms. The lowest BCUT2D eigenvalue weighted by Gasteiger charge is -2.28. The van der Waals surface area contributed by atoms with E-state index in [1.54, 1.807) is 13.8 Å². The van der Waals surface area contributed by atoms with Crippen LogP contribution in [-0.4, -0.2) is 52.9 Å². The fourth-order valence-electron chi connectivity index (χ4n) is 3.32. The molecule has 1 saturated carbocycles. The molecule has 1 aliphatic rings. The monoisotopic (exact) mass is 354 g/mol. The van der Waals surface area contributed by atoms with E-state index in [4.69, 9.17) is 9.47 Å². The minimum absolute atomic E-state index is 0.0652. The third-order valence-electron chi connectivity index (χ3n) is 4.78. The topological polar surface area (TPSA) is 110 Å². The van der Waals surface area contributed by atoms with Gasteiger partial charge in [0.2, 0.25) is 0 Å². The Kier molecular flexibility index (Phi) is 6.68. The molecule has 25 heavy (non-hydrogen) atoms. The van der Waals surface area contributed by atoms with Crippen LogP contribution in [0.25, 0.3) is 0 Å². The van der Waals surface area contributed by atoms with Gasteiger partial charge in [-0.3, -0.25) is 4.79 Å². The first-order valence-electron chi connectivity index (χ1n) is 8.03. The maximum atomic E-state index is 12.2. The van der Waals surface area contributed by atoms with Crippen LogP contribution in [0.3, 0.4) is 0 Å². The number of rotatable bonds is 5. The predicted molar refractivity (Wildman–Crippen MR) is 89.4 cm³/mol. The van der Waals surface area contributed by atoms with Gasteiger partial charge in [-0.05, 0) is 34.6 Å².